The van der Waals surface area contributed by atoms with E-state index in [4.69, 9.17) is 15.0 Å². The second-order valence-corrected chi connectivity index (χ2v) is 9.12. The number of aryl methyl sites for hydroxylation is 1. The van der Waals surface area contributed by atoms with Crippen LogP contribution in [0.3, 0.4) is 0 Å². The molecule has 4 rings (SSSR count). The number of nitriles is 1. The lowest BCUT2D eigenvalue weighted by Gasteiger charge is -2.11. The molecule has 1 saturated carbocycles. The monoisotopic (exact) mass is 374 g/mol. The summed E-state index contributed by atoms with van der Waals surface area (Å²) in [4.78, 5) is 17.2. The van der Waals surface area contributed by atoms with Crippen molar-refractivity contribution in [3.63, 3.8) is 0 Å². The molecule has 0 amide bonds. The molecule has 1 saturated heterocycles. The molecule has 2 fully saturated rings. The van der Waals surface area contributed by atoms with Gasteiger partial charge in [0.1, 0.15) is 6.07 Å². The molecule has 0 spiro atoms. The number of hydrogen-bond acceptors (Lipinski definition) is 7. The highest BCUT2D eigenvalue weighted by Gasteiger charge is 2.34. The summed E-state index contributed by atoms with van der Waals surface area (Å²) in [5.74, 6) is -0.107. The molecule has 2 aromatic rings. The zero-order valence-electron chi connectivity index (χ0n) is 14.3. The van der Waals surface area contributed by atoms with Crippen molar-refractivity contribution >= 4 is 26.8 Å². The predicted molar refractivity (Wildman–Crippen MR) is 92.4 cm³/mol. The molecule has 1 aliphatic carbocycles. The molecule has 3 heterocycles. The Morgan fingerprint density at radius 2 is 2.19 bits per heavy atom. The summed E-state index contributed by atoms with van der Waals surface area (Å²) in [6.45, 7) is 1.44. The molecule has 9 heteroatoms. The van der Waals surface area contributed by atoms with Crippen LogP contribution in [0.15, 0.2) is 6.07 Å². The lowest BCUT2D eigenvalue weighted by molar-refractivity contribution is 0.0557. The molecule has 136 valence electrons. The van der Waals surface area contributed by atoms with Gasteiger partial charge in [0, 0.05) is 11.6 Å². The molecule has 8 nitrogen and oxygen atoms in total. The topological polar surface area (TPSA) is 115 Å². The minimum Gasteiger partial charge on any atom is -0.447 e. The number of aromatic nitrogens is 3. The fourth-order valence-corrected chi connectivity index (χ4v) is 5.17. The number of hydrogen-bond donors (Lipinski definition) is 0. The van der Waals surface area contributed by atoms with Crippen molar-refractivity contribution in [1.82, 2.24) is 14.8 Å². The van der Waals surface area contributed by atoms with Gasteiger partial charge >= 0.3 is 5.97 Å². The summed E-state index contributed by atoms with van der Waals surface area (Å²) in [7, 11) is -3.07. The molecule has 0 radical (unpaired) electrons. The first-order valence-corrected chi connectivity index (χ1v) is 10.4. The quantitative estimate of drug-likeness (QED) is 0.747. The zero-order chi connectivity index (χ0) is 18.5. The van der Waals surface area contributed by atoms with E-state index in [1.807, 2.05) is 0 Å². The third kappa shape index (κ3) is 2.94. The number of pyridine rings is 1. The van der Waals surface area contributed by atoms with Crippen molar-refractivity contribution in [1.29, 1.82) is 5.26 Å². The normalized spacial score (nSPS) is 21.6. The van der Waals surface area contributed by atoms with Gasteiger partial charge in [0.2, 0.25) is 0 Å². The van der Waals surface area contributed by atoms with E-state index in [0.29, 0.717) is 34.6 Å². The first kappa shape index (κ1) is 17.0. The van der Waals surface area contributed by atoms with E-state index in [1.165, 1.54) is 0 Å². The van der Waals surface area contributed by atoms with Crippen LogP contribution in [0, 0.1) is 18.3 Å². The maximum atomic E-state index is 12.5. The van der Waals surface area contributed by atoms with Gasteiger partial charge in [0.15, 0.2) is 22.1 Å². The van der Waals surface area contributed by atoms with Crippen LogP contribution in [0.25, 0.3) is 11.0 Å². The Bertz CT molecular complexity index is 1050. The summed E-state index contributed by atoms with van der Waals surface area (Å²) in [6, 6.07) is 3.24. The lowest BCUT2D eigenvalue weighted by atomic mass is 10.1. The highest BCUT2D eigenvalue weighted by molar-refractivity contribution is 7.91. The van der Waals surface area contributed by atoms with Gasteiger partial charge in [-0.1, -0.05) is 0 Å². The molecular weight excluding hydrogens is 356 g/mol. The molecule has 0 aromatic carbocycles. The van der Waals surface area contributed by atoms with Gasteiger partial charge < -0.3 is 4.74 Å². The van der Waals surface area contributed by atoms with E-state index in [9.17, 15) is 13.2 Å². The molecule has 2 aliphatic rings. The molecule has 26 heavy (non-hydrogen) atoms. The lowest BCUT2D eigenvalue weighted by Crippen LogP contribution is -2.14. The Kier molecular flexibility index (Phi) is 3.95. The van der Waals surface area contributed by atoms with Gasteiger partial charge in [-0.15, -0.1) is 0 Å². The Morgan fingerprint density at radius 1 is 1.42 bits per heavy atom. The summed E-state index contributed by atoms with van der Waals surface area (Å²) >= 11 is 0. The van der Waals surface area contributed by atoms with Crippen molar-refractivity contribution < 1.29 is 17.9 Å². The Hall–Kier alpha value is -2.47. The number of fused-ring (bicyclic) bond motifs is 1. The number of sulfone groups is 1. The number of carbonyl (C=O) groups is 1. The Morgan fingerprint density at radius 3 is 2.81 bits per heavy atom. The number of nitrogens with zero attached hydrogens (tertiary/aromatic N) is 4. The maximum absolute atomic E-state index is 12.5. The number of esters is 1. The summed E-state index contributed by atoms with van der Waals surface area (Å²) in [5.41, 5.74) is 2.26. The van der Waals surface area contributed by atoms with Crippen LogP contribution < -0.4 is 0 Å². The molecule has 1 aliphatic heterocycles. The van der Waals surface area contributed by atoms with Gasteiger partial charge in [-0.3, -0.25) is 0 Å². The SMILES string of the molecule is Cc1nn([C@@H]2CCS(=O)(=O)C2)c2nc(C3CC3)cc(C(=O)OCC#N)c12. The molecule has 0 bridgehead atoms. The number of carbonyl (C=O) groups excluding carboxylic acids is 1. The van der Waals surface area contributed by atoms with Crippen LogP contribution in [0.4, 0.5) is 0 Å². The average Bonchev–Trinajstić information content (AvgIpc) is 3.32. The van der Waals surface area contributed by atoms with Crippen LogP contribution in [0.5, 0.6) is 0 Å². The number of rotatable bonds is 4. The fourth-order valence-electron chi connectivity index (χ4n) is 3.48. The van der Waals surface area contributed by atoms with Gasteiger partial charge in [-0.25, -0.2) is 22.9 Å². The average molecular weight is 374 g/mol. The highest BCUT2D eigenvalue weighted by atomic mass is 32.2. The minimum atomic E-state index is -3.07. The first-order valence-electron chi connectivity index (χ1n) is 8.54. The van der Waals surface area contributed by atoms with Crippen LogP contribution >= 0.6 is 0 Å². The second kappa shape index (κ2) is 6.06. The highest BCUT2D eigenvalue weighted by Crippen LogP contribution is 2.41. The first-order chi connectivity index (χ1) is 12.4. The van der Waals surface area contributed by atoms with E-state index in [2.05, 4.69) is 5.10 Å². The number of ether oxygens (including phenoxy) is 1. The van der Waals surface area contributed by atoms with Crippen LogP contribution in [0.2, 0.25) is 0 Å². The molecule has 0 unspecified atom stereocenters. The predicted octanol–water partition coefficient (Wildman–Crippen LogP) is 1.66. The minimum absolute atomic E-state index is 0.0345. The summed E-state index contributed by atoms with van der Waals surface area (Å²) in [5, 5.41) is 13.7. The molecule has 0 N–H and O–H groups in total. The third-order valence-corrected chi connectivity index (χ3v) is 6.64. The van der Waals surface area contributed by atoms with Crippen molar-refractivity contribution in [3.8, 4) is 6.07 Å². The van der Waals surface area contributed by atoms with Crippen molar-refractivity contribution in [2.24, 2.45) is 0 Å². The van der Waals surface area contributed by atoms with Crippen LogP contribution in [0.1, 0.15) is 53.0 Å². The van der Waals surface area contributed by atoms with Gasteiger partial charge in [0.05, 0.1) is 34.2 Å². The Balaban J connectivity index is 1.86. The fraction of sp³-hybridized carbons (Fsp3) is 0.529. The smallest absolute Gasteiger partial charge is 0.340 e. The largest absolute Gasteiger partial charge is 0.447 e. The standard InChI is InChI=1S/C17H18N4O4S/c1-10-15-13(17(22)25-6-5-18)8-14(11-2-3-11)19-16(15)21(20-10)12-4-7-26(23,24)9-12/h8,11-12H,2-4,6-7,9H2,1H3/t12-/m1/s1. The van der Waals surface area contributed by atoms with E-state index in [0.717, 1.165) is 18.5 Å². The van der Waals surface area contributed by atoms with Crippen molar-refractivity contribution in [3.05, 3.63) is 23.0 Å². The van der Waals surface area contributed by atoms with Gasteiger partial charge in [-0.2, -0.15) is 10.4 Å². The molecular formula is C17H18N4O4S. The third-order valence-electron chi connectivity index (χ3n) is 4.89. The van der Waals surface area contributed by atoms with Gasteiger partial charge in [-0.05, 0) is 32.3 Å². The molecule has 2 aromatic heterocycles. The van der Waals surface area contributed by atoms with Crippen molar-refractivity contribution in [2.75, 3.05) is 18.1 Å². The second-order valence-electron chi connectivity index (χ2n) is 6.89. The van der Waals surface area contributed by atoms with Crippen molar-refractivity contribution in [2.45, 2.75) is 38.1 Å². The van der Waals surface area contributed by atoms with E-state index in [1.54, 1.807) is 23.7 Å². The van der Waals surface area contributed by atoms with Crippen LogP contribution in [-0.4, -0.2) is 47.3 Å². The van der Waals surface area contributed by atoms with Crippen LogP contribution in [-0.2, 0) is 14.6 Å². The molecule has 1 atom stereocenters. The van der Waals surface area contributed by atoms with E-state index < -0.39 is 15.8 Å². The Labute approximate surface area is 150 Å². The maximum Gasteiger partial charge on any atom is 0.340 e. The zero-order valence-corrected chi connectivity index (χ0v) is 15.1. The summed E-state index contributed by atoms with van der Waals surface area (Å²) in [6.07, 6.45) is 2.51. The van der Waals surface area contributed by atoms with E-state index in [-0.39, 0.29) is 24.2 Å². The van der Waals surface area contributed by atoms with E-state index >= 15 is 0 Å². The summed E-state index contributed by atoms with van der Waals surface area (Å²) < 4.78 is 30.4. The van der Waals surface area contributed by atoms with Gasteiger partial charge in [0.25, 0.3) is 0 Å².